The Morgan fingerprint density at radius 2 is 1.89 bits per heavy atom. The van der Waals surface area contributed by atoms with Gasteiger partial charge in [0.05, 0.1) is 0 Å². The van der Waals surface area contributed by atoms with E-state index in [1.165, 1.54) is 9.65 Å². The van der Waals surface area contributed by atoms with Crippen LogP contribution < -0.4 is 0 Å². The Bertz CT molecular complexity index is 788. The molecule has 3 rings (SSSR count). The molecule has 0 atom stereocenters. The van der Waals surface area contributed by atoms with Gasteiger partial charge in [-0.2, -0.15) is 0 Å². The molecule has 90 valence electrons. The standard InChI is InChI=1S/C14H10ClNSSe/c1-9-11(15)6-4-7-12(9)16-14(17)10-5-2-3-8-13(10)18-16/h2-8H,1H3. The minimum atomic E-state index is 0.211. The number of fused-ring (bicyclic) bond motifs is 1. The van der Waals surface area contributed by atoms with Crippen LogP contribution in [0.25, 0.3) is 15.3 Å². The normalized spacial score (nSPS) is 11.0. The fraction of sp³-hybridized carbons (Fsp3) is 0.0714. The van der Waals surface area contributed by atoms with E-state index < -0.39 is 0 Å². The average Bonchev–Trinajstić information content (AvgIpc) is 2.71. The molecule has 2 aromatic carbocycles. The summed E-state index contributed by atoms with van der Waals surface area (Å²) in [6, 6.07) is 14.3. The average molecular weight is 339 g/mol. The number of aromatic nitrogens is 1. The second-order valence-corrected chi connectivity index (χ2v) is 6.94. The Morgan fingerprint density at radius 1 is 1.11 bits per heavy atom. The van der Waals surface area contributed by atoms with E-state index in [9.17, 15) is 0 Å². The number of rotatable bonds is 1. The molecule has 0 aliphatic heterocycles. The Kier molecular flexibility index (Phi) is 3.16. The molecule has 4 heteroatoms. The molecule has 0 spiro atoms. The zero-order valence-corrected chi connectivity index (χ0v) is 13.0. The van der Waals surface area contributed by atoms with E-state index in [0.717, 1.165) is 20.9 Å². The van der Waals surface area contributed by atoms with Crippen molar-refractivity contribution in [3.05, 3.63) is 57.7 Å². The van der Waals surface area contributed by atoms with Crippen molar-refractivity contribution in [2.75, 3.05) is 0 Å². The van der Waals surface area contributed by atoms with Crippen LogP contribution in [0.15, 0.2) is 42.5 Å². The third kappa shape index (κ3) is 1.88. The van der Waals surface area contributed by atoms with Gasteiger partial charge in [0.2, 0.25) is 0 Å². The van der Waals surface area contributed by atoms with Crippen LogP contribution in [0.5, 0.6) is 0 Å². The second-order valence-electron chi connectivity index (χ2n) is 4.07. The first-order valence-corrected chi connectivity index (χ1v) is 7.96. The SMILES string of the molecule is Cc1c(Cl)cccc1-n1[se]c2ccccc2c1=S. The molecule has 1 aromatic heterocycles. The van der Waals surface area contributed by atoms with Gasteiger partial charge in [-0.3, -0.25) is 0 Å². The van der Waals surface area contributed by atoms with Crippen molar-refractivity contribution in [2.24, 2.45) is 0 Å². The molecule has 0 saturated heterocycles. The summed E-state index contributed by atoms with van der Waals surface area (Å²) in [4.78, 5) is 0. The van der Waals surface area contributed by atoms with Gasteiger partial charge in [0.25, 0.3) is 0 Å². The quantitative estimate of drug-likeness (QED) is 0.471. The fourth-order valence-electron chi connectivity index (χ4n) is 1.95. The van der Waals surface area contributed by atoms with Gasteiger partial charge in [-0.15, -0.1) is 0 Å². The van der Waals surface area contributed by atoms with Crippen LogP contribution in [-0.4, -0.2) is 18.3 Å². The summed E-state index contributed by atoms with van der Waals surface area (Å²) in [5, 5.41) is 1.98. The molecule has 0 N–H and O–H groups in total. The van der Waals surface area contributed by atoms with Crippen molar-refractivity contribution in [3.63, 3.8) is 0 Å². The van der Waals surface area contributed by atoms with Gasteiger partial charge < -0.3 is 0 Å². The number of halogens is 1. The van der Waals surface area contributed by atoms with E-state index in [2.05, 4.69) is 27.8 Å². The Morgan fingerprint density at radius 3 is 2.67 bits per heavy atom. The molecule has 1 heterocycles. The molecular formula is C14H10ClNSSe. The molecule has 0 amide bonds. The fourth-order valence-corrected chi connectivity index (χ4v) is 4.99. The molecule has 3 aromatic rings. The summed E-state index contributed by atoms with van der Waals surface area (Å²) >= 11 is 12.0. The van der Waals surface area contributed by atoms with Crippen molar-refractivity contribution in [2.45, 2.75) is 6.92 Å². The third-order valence-corrected chi connectivity index (χ3v) is 6.36. The molecule has 0 radical (unpaired) electrons. The Labute approximate surface area is 122 Å². The van der Waals surface area contributed by atoms with E-state index in [0.29, 0.717) is 0 Å². The van der Waals surface area contributed by atoms with Crippen molar-refractivity contribution < 1.29 is 0 Å². The zero-order chi connectivity index (χ0) is 12.7. The summed E-state index contributed by atoms with van der Waals surface area (Å²) in [6.45, 7) is 2.04. The van der Waals surface area contributed by atoms with Crippen LogP contribution in [0, 0.1) is 11.6 Å². The van der Waals surface area contributed by atoms with Gasteiger partial charge in [-0.25, -0.2) is 0 Å². The Balaban J connectivity index is 2.36. The Hall–Kier alpha value is -0.861. The number of hydrogen-bond acceptors (Lipinski definition) is 1. The topological polar surface area (TPSA) is 4.93 Å². The van der Waals surface area contributed by atoms with Crippen LogP contribution >= 0.6 is 23.8 Å². The second kappa shape index (κ2) is 4.67. The molecule has 0 bridgehead atoms. The first-order valence-electron chi connectivity index (χ1n) is 5.55. The third-order valence-electron chi connectivity index (χ3n) is 2.95. The minimum absolute atomic E-state index is 0.211. The van der Waals surface area contributed by atoms with Crippen LogP contribution in [0.2, 0.25) is 5.02 Å². The molecule has 0 aliphatic carbocycles. The predicted molar refractivity (Wildman–Crippen MR) is 80.8 cm³/mol. The summed E-state index contributed by atoms with van der Waals surface area (Å²) in [5.41, 5.74) is 2.22. The van der Waals surface area contributed by atoms with Gasteiger partial charge in [-0.1, -0.05) is 0 Å². The number of benzene rings is 2. The first-order chi connectivity index (χ1) is 8.68. The van der Waals surface area contributed by atoms with E-state index in [1.54, 1.807) is 0 Å². The zero-order valence-electron chi connectivity index (χ0n) is 9.68. The van der Waals surface area contributed by atoms with Gasteiger partial charge in [0.1, 0.15) is 0 Å². The van der Waals surface area contributed by atoms with Crippen molar-refractivity contribution in [1.29, 1.82) is 0 Å². The van der Waals surface area contributed by atoms with E-state index in [1.807, 2.05) is 25.1 Å². The monoisotopic (exact) mass is 339 g/mol. The summed E-state index contributed by atoms with van der Waals surface area (Å²) in [7, 11) is 0. The van der Waals surface area contributed by atoms with Gasteiger partial charge in [0, 0.05) is 0 Å². The summed E-state index contributed by atoms with van der Waals surface area (Å²) in [6.07, 6.45) is 0. The van der Waals surface area contributed by atoms with Gasteiger partial charge in [-0.05, 0) is 0 Å². The van der Waals surface area contributed by atoms with Crippen molar-refractivity contribution in [1.82, 2.24) is 3.56 Å². The molecule has 18 heavy (non-hydrogen) atoms. The molecule has 0 saturated carbocycles. The van der Waals surface area contributed by atoms with E-state index >= 15 is 0 Å². The summed E-state index contributed by atoms with van der Waals surface area (Å²) < 4.78 is 4.47. The van der Waals surface area contributed by atoms with E-state index in [-0.39, 0.29) is 14.7 Å². The summed E-state index contributed by atoms with van der Waals surface area (Å²) in [5.74, 6) is 0. The molecular weight excluding hydrogens is 329 g/mol. The molecule has 0 aliphatic rings. The molecule has 0 unspecified atom stereocenters. The maximum atomic E-state index is 6.19. The number of nitrogens with zero attached hydrogens (tertiary/aromatic N) is 1. The van der Waals surface area contributed by atoms with Crippen LogP contribution in [-0.2, 0) is 0 Å². The molecule has 0 fully saturated rings. The maximum absolute atomic E-state index is 6.19. The van der Waals surface area contributed by atoms with Crippen molar-refractivity contribution in [3.8, 4) is 5.69 Å². The predicted octanol–water partition coefficient (Wildman–Crippen LogP) is 4.38. The van der Waals surface area contributed by atoms with E-state index in [4.69, 9.17) is 23.8 Å². The number of hydrogen-bond donors (Lipinski definition) is 0. The van der Waals surface area contributed by atoms with Crippen LogP contribution in [0.4, 0.5) is 0 Å². The van der Waals surface area contributed by atoms with Gasteiger partial charge in [0.15, 0.2) is 0 Å². The van der Waals surface area contributed by atoms with Crippen LogP contribution in [0.3, 0.4) is 0 Å². The van der Waals surface area contributed by atoms with Crippen LogP contribution in [0.1, 0.15) is 5.56 Å². The van der Waals surface area contributed by atoms with Gasteiger partial charge >= 0.3 is 122 Å². The van der Waals surface area contributed by atoms with Crippen molar-refractivity contribution >= 4 is 48.2 Å². The first kappa shape index (κ1) is 12.2. The molecule has 1 nitrogen and oxygen atoms in total.